The van der Waals surface area contributed by atoms with Crippen LogP contribution in [0.5, 0.6) is 5.75 Å². The molecule has 0 saturated carbocycles. The van der Waals surface area contributed by atoms with Crippen LogP contribution in [0.4, 0.5) is 18.9 Å². The Morgan fingerprint density at radius 3 is 2.65 bits per heavy atom. The summed E-state index contributed by atoms with van der Waals surface area (Å²) in [4.78, 5) is 35.5. The van der Waals surface area contributed by atoms with Crippen LogP contribution >= 0.6 is 0 Å². The van der Waals surface area contributed by atoms with Gasteiger partial charge in [-0.25, -0.2) is 18.2 Å². The molecule has 0 aliphatic carbocycles. The SMILES string of the molecule is CCOc1ccccc1-c1ccc(N2CCN(C(=O)c3ccc(F)cc3C(F)F)C[C@H]2CC)c(C(=O)N[C@@H]2CCNC2)n1. The number of benzene rings is 2. The van der Waals surface area contributed by atoms with Crippen LogP contribution in [-0.4, -0.2) is 73.1 Å². The normalized spacial score (nSPS) is 18.7. The van der Waals surface area contributed by atoms with Gasteiger partial charge in [-0.3, -0.25) is 9.59 Å². The lowest BCUT2D eigenvalue weighted by atomic mass is 10.0. The van der Waals surface area contributed by atoms with E-state index in [1.165, 1.54) is 4.90 Å². The smallest absolute Gasteiger partial charge is 0.272 e. The fourth-order valence-corrected chi connectivity index (χ4v) is 5.78. The van der Waals surface area contributed by atoms with E-state index in [4.69, 9.17) is 9.72 Å². The van der Waals surface area contributed by atoms with Gasteiger partial charge in [-0.1, -0.05) is 19.1 Å². The van der Waals surface area contributed by atoms with Gasteiger partial charge in [-0.15, -0.1) is 0 Å². The molecule has 8 nitrogen and oxygen atoms in total. The predicted octanol–water partition coefficient (Wildman–Crippen LogP) is 5.06. The van der Waals surface area contributed by atoms with Crippen molar-refractivity contribution in [1.29, 1.82) is 0 Å². The number of carbonyl (C=O) groups excluding carboxylic acids is 2. The number of pyridine rings is 1. The zero-order chi connectivity index (χ0) is 30.5. The van der Waals surface area contributed by atoms with Crippen LogP contribution in [0.3, 0.4) is 0 Å². The summed E-state index contributed by atoms with van der Waals surface area (Å²) in [6.07, 6.45) is -1.54. The highest BCUT2D eigenvalue weighted by Crippen LogP contribution is 2.33. The van der Waals surface area contributed by atoms with Crippen LogP contribution < -0.4 is 20.3 Å². The zero-order valence-electron chi connectivity index (χ0n) is 24.3. The van der Waals surface area contributed by atoms with E-state index in [0.717, 1.165) is 30.7 Å². The third kappa shape index (κ3) is 6.61. The van der Waals surface area contributed by atoms with E-state index in [1.807, 2.05) is 50.2 Å². The van der Waals surface area contributed by atoms with Gasteiger partial charge in [-0.2, -0.15) is 0 Å². The van der Waals surface area contributed by atoms with Gasteiger partial charge in [0.1, 0.15) is 11.6 Å². The monoisotopic (exact) mass is 595 g/mol. The summed E-state index contributed by atoms with van der Waals surface area (Å²) in [6.45, 7) is 6.69. The van der Waals surface area contributed by atoms with Crippen LogP contribution in [0.15, 0.2) is 54.6 Å². The Kier molecular flexibility index (Phi) is 9.49. The summed E-state index contributed by atoms with van der Waals surface area (Å²) in [7, 11) is 0. The number of carbonyl (C=O) groups is 2. The van der Waals surface area contributed by atoms with E-state index in [9.17, 15) is 22.8 Å². The van der Waals surface area contributed by atoms with E-state index in [-0.39, 0.29) is 42.3 Å². The maximum atomic E-state index is 13.7. The second-order valence-corrected chi connectivity index (χ2v) is 10.7. The van der Waals surface area contributed by atoms with Gasteiger partial charge < -0.3 is 25.2 Å². The summed E-state index contributed by atoms with van der Waals surface area (Å²) >= 11 is 0. The number of para-hydroxylation sites is 1. The third-order valence-corrected chi connectivity index (χ3v) is 7.98. The molecule has 2 aliphatic rings. The van der Waals surface area contributed by atoms with Crippen molar-refractivity contribution in [2.75, 3.05) is 44.2 Å². The Morgan fingerprint density at radius 1 is 1.12 bits per heavy atom. The molecule has 2 fully saturated rings. The molecule has 3 heterocycles. The Hall–Kier alpha value is -4.12. The van der Waals surface area contributed by atoms with Crippen LogP contribution in [0.1, 0.15) is 59.5 Å². The molecule has 3 aromatic rings. The number of nitrogens with one attached hydrogen (secondary N) is 2. The number of piperazine rings is 1. The molecule has 0 spiro atoms. The molecular formula is C32H36F3N5O3. The Bertz CT molecular complexity index is 1460. The predicted molar refractivity (Wildman–Crippen MR) is 158 cm³/mol. The number of hydrogen-bond donors (Lipinski definition) is 2. The van der Waals surface area contributed by atoms with Crippen LogP contribution in [-0.2, 0) is 0 Å². The minimum atomic E-state index is -2.98. The minimum Gasteiger partial charge on any atom is -0.493 e. The van der Waals surface area contributed by atoms with Crippen molar-refractivity contribution in [2.45, 2.75) is 45.2 Å². The number of rotatable bonds is 9. The second kappa shape index (κ2) is 13.5. The maximum absolute atomic E-state index is 13.7. The van der Waals surface area contributed by atoms with E-state index in [2.05, 4.69) is 15.5 Å². The third-order valence-electron chi connectivity index (χ3n) is 7.98. The highest BCUT2D eigenvalue weighted by atomic mass is 19.3. The van der Waals surface area contributed by atoms with Gasteiger partial charge in [0, 0.05) is 55.0 Å². The quantitative estimate of drug-likeness (QED) is 0.360. The molecule has 1 aromatic heterocycles. The minimum absolute atomic E-state index is 0.0160. The van der Waals surface area contributed by atoms with Gasteiger partial charge in [-0.05, 0) is 68.8 Å². The molecule has 0 unspecified atom stereocenters. The summed E-state index contributed by atoms with van der Waals surface area (Å²) < 4.78 is 46.8. The maximum Gasteiger partial charge on any atom is 0.272 e. The van der Waals surface area contributed by atoms with Crippen molar-refractivity contribution < 1.29 is 27.5 Å². The lowest BCUT2D eigenvalue weighted by Crippen LogP contribution is -2.55. The number of halogens is 3. The van der Waals surface area contributed by atoms with Crippen molar-refractivity contribution in [3.05, 3.63) is 77.2 Å². The second-order valence-electron chi connectivity index (χ2n) is 10.7. The van der Waals surface area contributed by atoms with Gasteiger partial charge in [0.2, 0.25) is 0 Å². The van der Waals surface area contributed by atoms with Crippen LogP contribution in [0.25, 0.3) is 11.3 Å². The highest BCUT2D eigenvalue weighted by Gasteiger charge is 2.34. The lowest BCUT2D eigenvalue weighted by molar-refractivity contribution is 0.0708. The van der Waals surface area contributed by atoms with Gasteiger partial charge in [0.15, 0.2) is 5.69 Å². The van der Waals surface area contributed by atoms with E-state index in [1.54, 1.807) is 0 Å². The van der Waals surface area contributed by atoms with E-state index in [0.29, 0.717) is 49.3 Å². The van der Waals surface area contributed by atoms with Crippen molar-refractivity contribution in [1.82, 2.24) is 20.5 Å². The molecule has 0 radical (unpaired) electrons. The van der Waals surface area contributed by atoms with Gasteiger partial charge >= 0.3 is 0 Å². The molecule has 2 amide bonds. The van der Waals surface area contributed by atoms with Crippen LogP contribution in [0.2, 0.25) is 0 Å². The first kappa shape index (κ1) is 30.3. The molecule has 11 heteroatoms. The molecule has 0 bridgehead atoms. The number of ether oxygens (including phenoxy) is 1. The average molecular weight is 596 g/mol. The van der Waals surface area contributed by atoms with Crippen molar-refractivity contribution in [2.24, 2.45) is 0 Å². The Balaban J connectivity index is 1.46. The topological polar surface area (TPSA) is 86.8 Å². The molecule has 2 aromatic carbocycles. The summed E-state index contributed by atoms with van der Waals surface area (Å²) in [6, 6.07) is 13.9. The van der Waals surface area contributed by atoms with Crippen molar-refractivity contribution in [3.63, 3.8) is 0 Å². The largest absolute Gasteiger partial charge is 0.493 e. The first-order chi connectivity index (χ1) is 20.8. The zero-order valence-corrected chi connectivity index (χ0v) is 24.3. The number of amides is 2. The van der Waals surface area contributed by atoms with E-state index < -0.39 is 23.7 Å². The first-order valence-electron chi connectivity index (χ1n) is 14.7. The number of alkyl halides is 2. The van der Waals surface area contributed by atoms with E-state index >= 15 is 0 Å². The van der Waals surface area contributed by atoms with Crippen LogP contribution in [0, 0.1) is 5.82 Å². The highest BCUT2D eigenvalue weighted by molar-refractivity contribution is 5.99. The molecule has 2 aliphatic heterocycles. The molecule has 2 saturated heterocycles. The fourth-order valence-electron chi connectivity index (χ4n) is 5.78. The molecule has 2 N–H and O–H groups in total. The Labute approximate surface area is 249 Å². The fraction of sp³-hybridized carbons (Fsp3) is 0.406. The lowest BCUT2D eigenvalue weighted by Gasteiger charge is -2.43. The molecule has 43 heavy (non-hydrogen) atoms. The molecule has 5 rings (SSSR count). The summed E-state index contributed by atoms with van der Waals surface area (Å²) in [5, 5.41) is 6.37. The number of anilines is 1. The number of aromatic nitrogens is 1. The number of nitrogens with zero attached hydrogens (tertiary/aromatic N) is 3. The van der Waals surface area contributed by atoms with Gasteiger partial charge in [0.25, 0.3) is 18.2 Å². The molecular weight excluding hydrogens is 559 g/mol. The van der Waals surface area contributed by atoms with Gasteiger partial charge in [0.05, 0.1) is 18.0 Å². The molecule has 228 valence electrons. The summed E-state index contributed by atoms with van der Waals surface area (Å²) in [5.74, 6) is -1.01. The molecule has 2 atom stereocenters. The Morgan fingerprint density at radius 2 is 1.93 bits per heavy atom. The van der Waals surface area contributed by atoms with Crippen molar-refractivity contribution in [3.8, 4) is 17.0 Å². The first-order valence-corrected chi connectivity index (χ1v) is 14.7. The standard InChI is InChI=1S/C32H36F3N5O3/c1-3-22-19-39(32(42)23-10-9-20(33)17-25(23)30(34)35)15-16-40(22)27-12-11-26(24-7-5-6-8-28(24)43-4-2)38-29(27)31(41)37-21-13-14-36-18-21/h5-12,17,21-22,30,36H,3-4,13-16,18-19H2,1-2H3,(H,37,41)/t21-,22-/m1/s1. The summed E-state index contributed by atoms with van der Waals surface area (Å²) in [5.41, 5.74) is 1.45. The number of hydrogen-bond acceptors (Lipinski definition) is 6. The average Bonchev–Trinajstić information content (AvgIpc) is 3.53. The van der Waals surface area contributed by atoms with Crippen molar-refractivity contribution >= 4 is 17.5 Å².